The van der Waals surface area contributed by atoms with Crippen molar-refractivity contribution in [1.29, 1.82) is 0 Å². The van der Waals surface area contributed by atoms with Crippen molar-refractivity contribution in [2.75, 3.05) is 0 Å². The van der Waals surface area contributed by atoms with Gasteiger partial charge in [0.1, 0.15) is 8.06 Å². The predicted octanol–water partition coefficient (Wildman–Crippen LogP) is 1.87. The number of nitrogens with zero attached hydrogens (tertiary/aromatic N) is 1. The van der Waals surface area contributed by atoms with Gasteiger partial charge in [0, 0.05) is 6.92 Å². The third-order valence-electron chi connectivity index (χ3n) is 0.222. The first-order chi connectivity index (χ1) is 3.27. The summed E-state index contributed by atoms with van der Waals surface area (Å²) < 4.78 is 12.8. The Hall–Kier alpha value is -0.130. The summed E-state index contributed by atoms with van der Waals surface area (Å²) in [6.07, 6.45) is 0. The summed E-state index contributed by atoms with van der Waals surface area (Å²) in [5, 5.41) is 0. The Labute approximate surface area is 44.1 Å². The third kappa shape index (κ3) is 5.87. The summed E-state index contributed by atoms with van der Waals surface area (Å²) in [6, 6.07) is 0. The Morgan fingerprint density at radius 3 is 2.43 bits per heavy atom. The molecular formula is C2H3NO2P2. The zero-order valence-corrected chi connectivity index (χ0v) is 5.45. The number of hydrogen-bond acceptors (Lipinski definition) is 2. The molecule has 0 bridgehead atoms. The first-order valence-corrected chi connectivity index (χ1v) is 3.88. The summed E-state index contributed by atoms with van der Waals surface area (Å²) in [6.45, 7) is 1.32. The lowest BCUT2D eigenvalue weighted by atomic mass is 10.8. The second kappa shape index (κ2) is 4.04. The quantitative estimate of drug-likeness (QED) is 0.515. The van der Waals surface area contributed by atoms with Crippen molar-refractivity contribution in [2.45, 2.75) is 6.92 Å². The third-order valence-corrected chi connectivity index (χ3v) is 1.15. The molecule has 0 aliphatic rings. The highest BCUT2D eigenvalue weighted by molar-refractivity contribution is 8.00. The average molecular weight is 135 g/mol. The summed E-state index contributed by atoms with van der Waals surface area (Å²) in [5.41, 5.74) is 0. The van der Waals surface area contributed by atoms with Gasteiger partial charge in [0.05, 0.1) is 0 Å². The smallest absolute Gasteiger partial charge is 0.246 e. The molecule has 0 saturated carbocycles. The van der Waals surface area contributed by atoms with Gasteiger partial charge < -0.3 is 0 Å². The van der Waals surface area contributed by atoms with E-state index in [1.165, 1.54) is 6.92 Å². The van der Waals surface area contributed by atoms with Gasteiger partial charge in [0.15, 0.2) is 0 Å². The van der Waals surface area contributed by atoms with E-state index in [1.807, 2.05) is 0 Å². The van der Waals surface area contributed by atoms with Gasteiger partial charge in [-0.05, 0) is 0 Å². The molecule has 0 aromatic rings. The maximum atomic E-state index is 9.89. The van der Waals surface area contributed by atoms with Gasteiger partial charge in [-0.15, -0.1) is 0 Å². The minimum Gasteiger partial charge on any atom is -0.273 e. The lowest BCUT2D eigenvalue weighted by molar-refractivity contribution is -0.115. The Morgan fingerprint density at radius 1 is 1.71 bits per heavy atom. The van der Waals surface area contributed by atoms with Crippen molar-refractivity contribution >= 4 is 22.1 Å². The van der Waals surface area contributed by atoms with Crippen LogP contribution in [0.4, 0.5) is 0 Å². The largest absolute Gasteiger partial charge is 0.273 e. The summed E-state index contributed by atoms with van der Waals surface area (Å²) in [4.78, 5) is 9.89. The van der Waals surface area contributed by atoms with E-state index in [9.17, 15) is 9.36 Å². The maximum absolute atomic E-state index is 9.89. The van der Waals surface area contributed by atoms with Crippen molar-refractivity contribution in [1.82, 2.24) is 0 Å². The SMILES string of the molecule is CC(=O)N=PP=O. The predicted molar refractivity (Wildman–Crippen MR) is 27.6 cm³/mol. The zero-order chi connectivity index (χ0) is 5.70. The van der Waals surface area contributed by atoms with Gasteiger partial charge in [-0.2, -0.15) is 4.74 Å². The van der Waals surface area contributed by atoms with Gasteiger partial charge in [0.2, 0.25) is 14.1 Å². The minimum atomic E-state index is -0.287. The van der Waals surface area contributed by atoms with Crippen LogP contribution in [0, 0.1) is 0 Å². The van der Waals surface area contributed by atoms with E-state index >= 15 is 0 Å². The van der Waals surface area contributed by atoms with Crippen LogP contribution in [0.25, 0.3) is 0 Å². The normalized spacial score (nSPS) is 10.4. The van der Waals surface area contributed by atoms with Crippen LogP contribution in [0.5, 0.6) is 0 Å². The summed E-state index contributed by atoms with van der Waals surface area (Å²) in [7, 11) is 0.173. The first-order valence-electron chi connectivity index (χ1n) is 1.51. The van der Waals surface area contributed by atoms with Gasteiger partial charge in [-0.1, -0.05) is 0 Å². The van der Waals surface area contributed by atoms with Crippen LogP contribution in [0.3, 0.4) is 0 Å². The molecule has 5 heteroatoms. The molecule has 0 aliphatic heterocycles. The molecule has 7 heavy (non-hydrogen) atoms. The average Bonchev–Trinajstić information content (AvgIpc) is 1.61. The van der Waals surface area contributed by atoms with Crippen molar-refractivity contribution < 1.29 is 9.36 Å². The fraction of sp³-hybridized carbons (Fsp3) is 0.500. The molecule has 0 N–H and O–H groups in total. The fourth-order valence-electron chi connectivity index (χ4n) is 0.0812. The van der Waals surface area contributed by atoms with Crippen molar-refractivity contribution in [2.24, 2.45) is 4.74 Å². The molecule has 0 atom stereocenters. The second-order valence-electron chi connectivity index (χ2n) is 0.790. The zero-order valence-electron chi connectivity index (χ0n) is 3.66. The lowest BCUT2D eigenvalue weighted by Gasteiger charge is -1.66. The van der Waals surface area contributed by atoms with Gasteiger partial charge in [-0.25, -0.2) is 0 Å². The van der Waals surface area contributed by atoms with E-state index in [-0.39, 0.29) is 14.1 Å². The molecule has 0 aromatic heterocycles. The Balaban J connectivity index is 3.46. The molecule has 1 amide bonds. The number of carbonyl (C=O) groups is 1. The molecule has 0 radical (unpaired) electrons. The molecule has 0 unspecified atom stereocenters. The van der Waals surface area contributed by atoms with E-state index in [1.54, 1.807) is 0 Å². The van der Waals surface area contributed by atoms with E-state index < -0.39 is 0 Å². The highest BCUT2D eigenvalue weighted by Crippen LogP contribution is 2.16. The summed E-state index contributed by atoms with van der Waals surface area (Å²) in [5.74, 6) is -0.287. The van der Waals surface area contributed by atoms with Crippen LogP contribution >= 0.6 is 16.2 Å². The fourth-order valence-corrected chi connectivity index (χ4v) is 0.731. The monoisotopic (exact) mass is 135 g/mol. The highest BCUT2D eigenvalue weighted by Gasteiger charge is 1.78. The molecule has 0 spiro atoms. The minimum absolute atomic E-state index is 0.125. The Kier molecular flexibility index (Phi) is 3.97. The van der Waals surface area contributed by atoms with Gasteiger partial charge >= 0.3 is 0 Å². The van der Waals surface area contributed by atoms with Gasteiger partial charge in [0.25, 0.3) is 0 Å². The lowest BCUT2D eigenvalue weighted by Crippen LogP contribution is -1.73. The topological polar surface area (TPSA) is 46.5 Å². The Morgan fingerprint density at radius 2 is 2.29 bits per heavy atom. The highest BCUT2D eigenvalue weighted by atomic mass is 32.0. The van der Waals surface area contributed by atoms with Crippen LogP contribution in [-0.2, 0) is 9.36 Å². The van der Waals surface area contributed by atoms with Crippen LogP contribution in [0.2, 0.25) is 0 Å². The maximum Gasteiger partial charge on any atom is 0.246 e. The summed E-state index contributed by atoms with van der Waals surface area (Å²) >= 11 is 0. The van der Waals surface area contributed by atoms with E-state index in [4.69, 9.17) is 0 Å². The molecule has 0 aliphatic carbocycles. The van der Waals surface area contributed by atoms with Crippen LogP contribution in [0.1, 0.15) is 6.92 Å². The molecule has 0 fully saturated rings. The molecule has 0 rings (SSSR count). The number of carbonyl (C=O) groups excluding carboxylic acids is 1. The van der Waals surface area contributed by atoms with Crippen molar-refractivity contribution in [3.63, 3.8) is 0 Å². The molecule has 0 saturated heterocycles. The second-order valence-corrected chi connectivity index (χ2v) is 2.36. The van der Waals surface area contributed by atoms with Crippen molar-refractivity contribution in [3.8, 4) is 0 Å². The van der Waals surface area contributed by atoms with Crippen LogP contribution < -0.4 is 0 Å². The standard InChI is InChI=1S/C2H3NO2P2/c1-2(4)3-6-7-5/h1H3. The van der Waals surface area contributed by atoms with Crippen molar-refractivity contribution in [3.05, 3.63) is 0 Å². The molecule has 0 aromatic carbocycles. The molecule has 0 heterocycles. The molecule has 38 valence electrons. The van der Waals surface area contributed by atoms with Gasteiger partial charge in [-0.3, -0.25) is 9.36 Å². The first kappa shape index (κ1) is 6.87. The number of hydrogen-bond donors (Lipinski definition) is 0. The molecule has 3 nitrogen and oxygen atoms in total. The van der Waals surface area contributed by atoms with Crippen LogP contribution in [-0.4, -0.2) is 5.91 Å². The van der Waals surface area contributed by atoms with E-state index in [0.717, 1.165) is 0 Å². The molecular weight excluding hydrogens is 132 g/mol. The van der Waals surface area contributed by atoms with E-state index in [0.29, 0.717) is 8.06 Å². The number of rotatable bonds is 1. The van der Waals surface area contributed by atoms with Crippen LogP contribution in [0.15, 0.2) is 4.74 Å². The van der Waals surface area contributed by atoms with E-state index in [2.05, 4.69) is 4.74 Å². The number of amides is 1. The Bertz CT molecular complexity index is 110.